The van der Waals surface area contributed by atoms with Gasteiger partial charge < -0.3 is 24.5 Å². The summed E-state index contributed by atoms with van der Waals surface area (Å²) >= 11 is 0. The van der Waals surface area contributed by atoms with Gasteiger partial charge in [-0.05, 0) is 34.9 Å². The second kappa shape index (κ2) is 8.00. The topological polar surface area (TPSA) is 109 Å². The van der Waals surface area contributed by atoms with E-state index < -0.39 is 30.2 Å². The summed E-state index contributed by atoms with van der Waals surface area (Å²) in [6, 6.07) is 11.8. The molecule has 7 nitrogen and oxygen atoms in total. The third-order valence-electron chi connectivity index (χ3n) is 5.03. The molecule has 0 bridgehead atoms. The Labute approximate surface area is 166 Å². The van der Waals surface area contributed by atoms with E-state index in [0.717, 1.165) is 0 Å². The third kappa shape index (κ3) is 3.92. The number of benzene rings is 2. The first-order valence-electron chi connectivity index (χ1n) is 9.29. The first-order valence-corrected chi connectivity index (χ1v) is 9.29. The zero-order valence-electron chi connectivity index (χ0n) is 15.7. The molecule has 29 heavy (non-hydrogen) atoms. The maximum absolute atomic E-state index is 14.6. The summed E-state index contributed by atoms with van der Waals surface area (Å²) in [5, 5.41) is 37.3. The van der Waals surface area contributed by atoms with Crippen molar-refractivity contribution in [3.8, 4) is 22.6 Å². The molecule has 4 atom stereocenters. The van der Waals surface area contributed by atoms with E-state index in [2.05, 4.69) is 10.2 Å². The average Bonchev–Trinajstić information content (AvgIpc) is 3.16. The minimum absolute atomic E-state index is 0.114. The minimum atomic E-state index is -1.12. The molecule has 1 aromatic heterocycles. The van der Waals surface area contributed by atoms with Gasteiger partial charge in [0.1, 0.15) is 18.0 Å². The molecule has 1 aliphatic heterocycles. The van der Waals surface area contributed by atoms with Crippen LogP contribution in [0.4, 0.5) is 4.39 Å². The Bertz CT molecular complexity index is 1010. The van der Waals surface area contributed by atoms with E-state index in [1.165, 1.54) is 6.07 Å². The molecule has 1 saturated heterocycles. The fourth-order valence-corrected chi connectivity index (χ4v) is 3.52. The van der Waals surface area contributed by atoms with Gasteiger partial charge in [-0.1, -0.05) is 24.3 Å². The lowest BCUT2D eigenvalue weighted by atomic mass is 9.91. The summed E-state index contributed by atoms with van der Waals surface area (Å²) in [6.45, 7) is 1.39. The number of rotatable bonds is 4. The third-order valence-corrected chi connectivity index (χ3v) is 5.03. The number of hydrogen-bond acceptors (Lipinski definition) is 7. The predicted octanol–water partition coefficient (Wildman–Crippen LogP) is 2.40. The van der Waals surface area contributed by atoms with E-state index in [-0.39, 0.29) is 24.5 Å². The van der Waals surface area contributed by atoms with E-state index in [1.54, 1.807) is 37.3 Å². The molecule has 0 amide bonds. The Hall–Kier alpha value is -2.65. The lowest BCUT2D eigenvalue weighted by Gasteiger charge is -2.37. The van der Waals surface area contributed by atoms with Gasteiger partial charge in [-0.3, -0.25) is 0 Å². The molecule has 152 valence electrons. The number of ether oxygens (including phenoxy) is 1. The van der Waals surface area contributed by atoms with Crippen LogP contribution in [0, 0.1) is 12.7 Å². The Morgan fingerprint density at radius 3 is 2.59 bits per heavy atom. The quantitative estimate of drug-likeness (QED) is 0.617. The van der Waals surface area contributed by atoms with Crippen molar-refractivity contribution in [2.24, 2.45) is 0 Å². The van der Waals surface area contributed by atoms with Crippen LogP contribution in [0.25, 0.3) is 22.6 Å². The lowest BCUT2D eigenvalue weighted by molar-refractivity contribution is -0.179. The molecule has 2 heterocycles. The normalized spacial score (nSPS) is 24.6. The SMILES string of the molecule is Cc1nnc(-c2ccc(-c3cccc([C@H]4OC(CO)CC(O)C4O)c3)cc2F)o1. The van der Waals surface area contributed by atoms with Gasteiger partial charge in [-0.15, -0.1) is 10.2 Å². The zero-order valence-corrected chi connectivity index (χ0v) is 15.7. The van der Waals surface area contributed by atoms with Crippen molar-refractivity contribution in [2.45, 2.75) is 37.8 Å². The summed E-state index contributed by atoms with van der Waals surface area (Å²) in [7, 11) is 0. The van der Waals surface area contributed by atoms with Crippen LogP contribution < -0.4 is 0 Å². The Balaban J connectivity index is 1.64. The van der Waals surface area contributed by atoms with Crippen LogP contribution in [-0.4, -0.2) is 50.4 Å². The molecule has 4 rings (SSSR count). The van der Waals surface area contributed by atoms with Crippen molar-refractivity contribution in [1.82, 2.24) is 10.2 Å². The summed E-state index contributed by atoms with van der Waals surface area (Å²) < 4.78 is 25.7. The Morgan fingerprint density at radius 2 is 1.90 bits per heavy atom. The van der Waals surface area contributed by atoms with Gasteiger partial charge in [0.25, 0.3) is 5.89 Å². The first-order chi connectivity index (χ1) is 14.0. The van der Waals surface area contributed by atoms with Crippen molar-refractivity contribution >= 4 is 0 Å². The highest BCUT2D eigenvalue weighted by Crippen LogP contribution is 2.34. The summed E-state index contributed by atoms with van der Waals surface area (Å²) in [5.74, 6) is -0.0325. The van der Waals surface area contributed by atoms with Crippen LogP contribution in [0.2, 0.25) is 0 Å². The van der Waals surface area contributed by atoms with Crippen LogP contribution in [0.1, 0.15) is 24.0 Å². The van der Waals surface area contributed by atoms with Crippen molar-refractivity contribution in [3.05, 3.63) is 59.7 Å². The highest BCUT2D eigenvalue weighted by atomic mass is 19.1. The van der Waals surface area contributed by atoms with Gasteiger partial charge >= 0.3 is 0 Å². The number of aryl methyl sites for hydroxylation is 1. The first kappa shape index (κ1) is 19.7. The number of aromatic nitrogens is 2. The van der Waals surface area contributed by atoms with Gasteiger partial charge in [0, 0.05) is 13.3 Å². The summed E-state index contributed by atoms with van der Waals surface area (Å²) in [6.07, 6.45) is -3.30. The summed E-state index contributed by atoms with van der Waals surface area (Å²) in [4.78, 5) is 0. The number of halogens is 1. The molecule has 3 N–H and O–H groups in total. The second-order valence-corrected chi connectivity index (χ2v) is 7.10. The average molecular weight is 400 g/mol. The Kier molecular flexibility index (Phi) is 5.42. The smallest absolute Gasteiger partial charge is 0.250 e. The lowest BCUT2D eigenvalue weighted by Crippen LogP contribution is -2.44. The number of aliphatic hydroxyl groups excluding tert-OH is 3. The van der Waals surface area contributed by atoms with E-state index >= 15 is 0 Å². The minimum Gasteiger partial charge on any atom is -0.421 e. The number of aliphatic hydroxyl groups is 3. The highest BCUT2D eigenvalue weighted by Gasteiger charge is 2.37. The van der Waals surface area contributed by atoms with Gasteiger partial charge in [0.2, 0.25) is 5.89 Å². The van der Waals surface area contributed by atoms with Crippen LogP contribution >= 0.6 is 0 Å². The zero-order chi connectivity index (χ0) is 20.5. The number of nitrogens with zero attached hydrogens (tertiary/aromatic N) is 2. The molecule has 1 fully saturated rings. The molecule has 0 radical (unpaired) electrons. The van der Waals surface area contributed by atoms with Crippen LogP contribution in [-0.2, 0) is 4.74 Å². The molecule has 3 aromatic rings. The maximum Gasteiger partial charge on any atom is 0.250 e. The van der Waals surface area contributed by atoms with Crippen LogP contribution in [0.15, 0.2) is 46.9 Å². The molecule has 0 spiro atoms. The van der Waals surface area contributed by atoms with Crippen molar-refractivity contribution in [2.75, 3.05) is 6.61 Å². The number of hydrogen-bond donors (Lipinski definition) is 3. The molecule has 8 heteroatoms. The molecule has 1 aliphatic rings. The predicted molar refractivity (Wildman–Crippen MR) is 101 cm³/mol. The van der Waals surface area contributed by atoms with E-state index in [1.807, 2.05) is 6.07 Å². The maximum atomic E-state index is 14.6. The van der Waals surface area contributed by atoms with Gasteiger partial charge in [-0.2, -0.15) is 0 Å². The van der Waals surface area contributed by atoms with E-state index in [0.29, 0.717) is 22.6 Å². The van der Waals surface area contributed by atoms with Crippen LogP contribution in [0.3, 0.4) is 0 Å². The standard InChI is InChI=1S/C21H21FN2O5/c1-11-23-24-21(28-11)16-6-5-13(8-17(16)22)12-3-2-4-14(7-12)20-19(27)18(26)9-15(10-25)29-20/h2-8,15,18-20,25-27H,9-10H2,1H3/t15?,18?,19?,20-/m1/s1. The highest BCUT2D eigenvalue weighted by molar-refractivity contribution is 5.68. The monoisotopic (exact) mass is 400 g/mol. The molecular formula is C21H21FN2O5. The molecular weight excluding hydrogens is 379 g/mol. The fraction of sp³-hybridized carbons (Fsp3) is 0.333. The van der Waals surface area contributed by atoms with Crippen molar-refractivity contribution < 1.29 is 28.9 Å². The molecule has 2 aromatic carbocycles. The van der Waals surface area contributed by atoms with Gasteiger partial charge in [0.15, 0.2) is 0 Å². The van der Waals surface area contributed by atoms with Crippen LogP contribution in [0.5, 0.6) is 0 Å². The molecule has 3 unspecified atom stereocenters. The van der Waals surface area contributed by atoms with Crippen molar-refractivity contribution in [1.29, 1.82) is 0 Å². The van der Waals surface area contributed by atoms with Gasteiger partial charge in [0.05, 0.1) is 24.4 Å². The van der Waals surface area contributed by atoms with Crippen molar-refractivity contribution in [3.63, 3.8) is 0 Å². The molecule has 0 saturated carbocycles. The summed E-state index contributed by atoms with van der Waals surface area (Å²) in [5.41, 5.74) is 2.18. The largest absolute Gasteiger partial charge is 0.421 e. The van der Waals surface area contributed by atoms with Gasteiger partial charge in [-0.25, -0.2) is 4.39 Å². The van der Waals surface area contributed by atoms with E-state index in [4.69, 9.17) is 9.15 Å². The molecule has 0 aliphatic carbocycles. The van der Waals surface area contributed by atoms with E-state index in [9.17, 15) is 19.7 Å². The fourth-order valence-electron chi connectivity index (χ4n) is 3.52. The Morgan fingerprint density at radius 1 is 1.10 bits per heavy atom. The second-order valence-electron chi connectivity index (χ2n) is 7.10.